The summed E-state index contributed by atoms with van der Waals surface area (Å²) in [6.45, 7) is 1.56. The zero-order valence-corrected chi connectivity index (χ0v) is 12.4. The second kappa shape index (κ2) is 5.10. The number of hydrogen-bond acceptors (Lipinski definition) is 3. The van der Waals surface area contributed by atoms with Gasteiger partial charge in [0.2, 0.25) is 5.91 Å². The number of nitrogens with zero attached hydrogens (tertiary/aromatic N) is 1. The van der Waals surface area contributed by atoms with Gasteiger partial charge in [-0.3, -0.25) is 4.79 Å². The first-order chi connectivity index (χ1) is 10.1. The molecule has 4 heteroatoms. The maximum atomic E-state index is 12.6. The van der Waals surface area contributed by atoms with E-state index in [1.165, 1.54) is 12.8 Å². The van der Waals surface area contributed by atoms with Gasteiger partial charge in [0.25, 0.3) is 0 Å². The van der Waals surface area contributed by atoms with Crippen LogP contribution in [0.4, 0.5) is 0 Å². The summed E-state index contributed by atoms with van der Waals surface area (Å²) in [5.41, 5.74) is 0. The van der Waals surface area contributed by atoms with Crippen molar-refractivity contribution in [3.8, 4) is 0 Å². The molecule has 0 aromatic heterocycles. The van der Waals surface area contributed by atoms with Gasteiger partial charge in [-0.1, -0.05) is 12.2 Å². The molecule has 4 nitrogen and oxygen atoms in total. The van der Waals surface area contributed by atoms with E-state index in [9.17, 15) is 15.0 Å². The van der Waals surface area contributed by atoms with E-state index in [-0.39, 0.29) is 0 Å². The fourth-order valence-corrected chi connectivity index (χ4v) is 5.09. The molecule has 0 aromatic rings. The first kappa shape index (κ1) is 13.8. The van der Waals surface area contributed by atoms with Gasteiger partial charge < -0.3 is 15.1 Å². The Hall–Kier alpha value is -0.870. The van der Waals surface area contributed by atoms with E-state index in [0.717, 1.165) is 19.0 Å². The maximum Gasteiger partial charge on any atom is 0.222 e. The van der Waals surface area contributed by atoms with Crippen molar-refractivity contribution in [3.05, 3.63) is 12.2 Å². The fraction of sp³-hybridized carbons (Fsp3) is 0.824. The Morgan fingerprint density at radius 3 is 2.19 bits per heavy atom. The lowest BCUT2D eigenvalue weighted by molar-refractivity contribution is -0.131. The molecule has 21 heavy (non-hydrogen) atoms. The smallest absolute Gasteiger partial charge is 0.222 e. The molecule has 1 heterocycles. The van der Waals surface area contributed by atoms with Gasteiger partial charge in [-0.25, -0.2) is 0 Å². The minimum atomic E-state index is -0.600. The van der Waals surface area contributed by atoms with Crippen LogP contribution < -0.4 is 0 Å². The predicted octanol–water partition coefficient (Wildman–Crippen LogP) is 1.18. The average Bonchev–Trinajstić information content (AvgIpc) is 3.13. The number of fused-ring (bicyclic) bond motifs is 3. The maximum absolute atomic E-state index is 12.6. The van der Waals surface area contributed by atoms with Crippen molar-refractivity contribution in [2.75, 3.05) is 13.1 Å². The minimum Gasteiger partial charge on any atom is -0.390 e. The van der Waals surface area contributed by atoms with Gasteiger partial charge in [0.15, 0.2) is 0 Å². The van der Waals surface area contributed by atoms with Gasteiger partial charge in [0.1, 0.15) is 0 Å². The molecule has 1 aliphatic heterocycles. The van der Waals surface area contributed by atoms with Crippen LogP contribution in [0.25, 0.3) is 0 Å². The summed E-state index contributed by atoms with van der Waals surface area (Å²) in [6, 6.07) is 0. The molecule has 4 aliphatic rings. The summed E-state index contributed by atoms with van der Waals surface area (Å²) in [6.07, 6.45) is 7.84. The molecule has 4 rings (SSSR count). The standard InChI is InChI=1S/C17H25NO3/c19-15-5-13-8-18(9-14(13)6-16(15)20)17(21)7-12-4-10-1-2-11(12)3-10/h1-2,10-16,19-20H,3-9H2/t10-,11+,12+,13-,14+,15+,16-/m1/s1. The first-order valence-corrected chi connectivity index (χ1v) is 8.42. The molecule has 1 saturated heterocycles. The molecule has 7 atom stereocenters. The van der Waals surface area contributed by atoms with Crippen LogP contribution in [0, 0.1) is 29.6 Å². The number of amides is 1. The third-order valence-corrected chi connectivity index (χ3v) is 6.31. The molecule has 116 valence electrons. The molecule has 3 aliphatic carbocycles. The normalized spacial score (nSPS) is 47.9. The zero-order chi connectivity index (χ0) is 14.6. The van der Waals surface area contributed by atoms with Crippen molar-refractivity contribution >= 4 is 5.91 Å². The molecular formula is C17H25NO3. The number of rotatable bonds is 2. The van der Waals surface area contributed by atoms with E-state index >= 15 is 0 Å². The van der Waals surface area contributed by atoms with Crippen molar-refractivity contribution in [1.29, 1.82) is 0 Å². The second-order valence-corrected chi connectivity index (χ2v) is 7.67. The molecule has 0 radical (unpaired) electrons. The number of allylic oxidation sites excluding steroid dienone is 2. The van der Waals surface area contributed by atoms with Gasteiger partial charge in [-0.2, -0.15) is 0 Å². The van der Waals surface area contributed by atoms with Crippen LogP contribution in [0.3, 0.4) is 0 Å². The fourth-order valence-electron chi connectivity index (χ4n) is 5.09. The summed E-state index contributed by atoms with van der Waals surface area (Å²) < 4.78 is 0. The van der Waals surface area contributed by atoms with Gasteiger partial charge in [0.05, 0.1) is 12.2 Å². The Bertz CT molecular complexity index is 445. The van der Waals surface area contributed by atoms with E-state index in [0.29, 0.717) is 48.8 Å². The Morgan fingerprint density at radius 1 is 1.00 bits per heavy atom. The lowest BCUT2D eigenvalue weighted by Gasteiger charge is -2.31. The van der Waals surface area contributed by atoms with Gasteiger partial charge >= 0.3 is 0 Å². The van der Waals surface area contributed by atoms with Gasteiger partial charge in [0, 0.05) is 19.5 Å². The Labute approximate surface area is 125 Å². The highest BCUT2D eigenvalue weighted by Crippen LogP contribution is 2.45. The SMILES string of the molecule is O=C(C[C@@H]1C[C@@H]2C=C[C@H]1C2)N1C[C@H]2C[C@H](O)[C@H](O)C[C@H]2C1. The van der Waals surface area contributed by atoms with Crippen molar-refractivity contribution in [1.82, 2.24) is 4.90 Å². The Kier molecular flexibility index (Phi) is 3.34. The molecular weight excluding hydrogens is 266 g/mol. The van der Waals surface area contributed by atoms with E-state index in [1.807, 2.05) is 4.90 Å². The number of aliphatic hydroxyl groups is 2. The molecule has 2 N–H and O–H groups in total. The first-order valence-electron chi connectivity index (χ1n) is 8.42. The summed E-state index contributed by atoms with van der Waals surface area (Å²) in [5.74, 6) is 2.96. The van der Waals surface area contributed by atoms with E-state index < -0.39 is 12.2 Å². The van der Waals surface area contributed by atoms with Crippen LogP contribution in [0.1, 0.15) is 32.1 Å². The van der Waals surface area contributed by atoms with Gasteiger partial charge in [-0.15, -0.1) is 0 Å². The molecule has 2 saturated carbocycles. The van der Waals surface area contributed by atoms with Gasteiger partial charge in [-0.05, 0) is 55.3 Å². The third-order valence-electron chi connectivity index (χ3n) is 6.31. The third kappa shape index (κ3) is 2.42. The number of aliphatic hydroxyl groups excluding tert-OH is 2. The van der Waals surface area contributed by atoms with Crippen LogP contribution in [0.2, 0.25) is 0 Å². The van der Waals surface area contributed by atoms with Crippen LogP contribution >= 0.6 is 0 Å². The molecule has 0 aromatic carbocycles. The number of likely N-dealkylation sites (tertiary alicyclic amines) is 1. The van der Waals surface area contributed by atoms with Crippen molar-refractivity contribution in [2.24, 2.45) is 29.6 Å². The molecule has 1 amide bonds. The highest BCUT2D eigenvalue weighted by molar-refractivity contribution is 5.77. The average molecular weight is 291 g/mol. The topological polar surface area (TPSA) is 60.8 Å². The largest absolute Gasteiger partial charge is 0.390 e. The zero-order valence-electron chi connectivity index (χ0n) is 12.4. The Morgan fingerprint density at radius 2 is 1.67 bits per heavy atom. The summed E-state index contributed by atoms with van der Waals surface area (Å²) in [5, 5.41) is 19.6. The van der Waals surface area contributed by atoms with Crippen molar-refractivity contribution in [2.45, 2.75) is 44.3 Å². The number of carbonyl (C=O) groups is 1. The van der Waals surface area contributed by atoms with Crippen LogP contribution in [-0.4, -0.2) is 46.3 Å². The molecule has 2 bridgehead atoms. The summed E-state index contributed by atoms with van der Waals surface area (Å²) in [4.78, 5) is 14.6. The molecule has 3 fully saturated rings. The number of hydrogen-bond donors (Lipinski definition) is 2. The number of carbonyl (C=O) groups excluding carboxylic acids is 1. The lowest BCUT2D eigenvalue weighted by Crippen LogP contribution is -2.38. The van der Waals surface area contributed by atoms with Crippen molar-refractivity contribution in [3.63, 3.8) is 0 Å². The molecule has 0 spiro atoms. The molecule has 0 unspecified atom stereocenters. The second-order valence-electron chi connectivity index (χ2n) is 7.67. The minimum absolute atomic E-state index is 0.291. The summed E-state index contributed by atoms with van der Waals surface area (Å²) >= 11 is 0. The Balaban J connectivity index is 1.35. The van der Waals surface area contributed by atoms with E-state index in [4.69, 9.17) is 0 Å². The highest BCUT2D eigenvalue weighted by Gasteiger charge is 2.43. The van der Waals surface area contributed by atoms with E-state index in [1.54, 1.807) is 0 Å². The van der Waals surface area contributed by atoms with Crippen LogP contribution in [-0.2, 0) is 4.79 Å². The highest BCUT2D eigenvalue weighted by atomic mass is 16.3. The summed E-state index contributed by atoms with van der Waals surface area (Å²) in [7, 11) is 0. The van der Waals surface area contributed by atoms with Crippen molar-refractivity contribution < 1.29 is 15.0 Å². The van der Waals surface area contributed by atoms with E-state index in [2.05, 4.69) is 12.2 Å². The predicted molar refractivity (Wildman–Crippen MR) is 78.3 cm³/mol. The van der Waals surface area contributed by atoms with Crippen LogP contribution in [0.5, 0.6) is 0 Å². The van der Waals surface area contributed by atoms with Crippen LogP contribution in [0.15, 0.2) is 12.2 Å². The monoisotopic (exact) mass is 291 g/mol. The quantitative estimate of drug-likeness (QED) is 0.751. The lowest BCUT2D eigenvalue weighted by atomic mass is 9.79.